The van der Waals surface area contributed by atoms with Gasteiger partial charge in [-0.1, -0.05) is 23.2 Å². The molecular weight excluding hydrogens is 449 g/mol. The highest BCUT2D eigenvalue weighted by molar-refractivity contribution is 6.34. The predicted molar refractivity (Wildman–Crippen MR) is 128 cm³/mol. The number of hydrogen-bond acceptors (Lipinski definition) is 6. The molecule has 1 saturated heterocycles. The molecule has 3 aromatic rings. The number of carbonyl (C=O) groups is 1. The lowest BCUT2D eigenvalue weighted by molar-refractivity contribution is 0.0943. The van der Waals surface area contributed by atoms with Gasteiger partial charge in [0.1, 0.15) is 11.3 Å². The number of carbonyl (C=O) groups excluding carboxylic acids is 1. The summed E-state index contributed by atoms with van der Waals surface area (Å²) in [5.41, 5.74) is 1.00. The van der Waals surface area contributed by atoms with Crippen LogP contribution in [-0.4, -0.2) is 52.1 Å². The highest BCUT2D eigenvalue weighted by atomic mass is 35.5. The number of nitrogens with zero attached hydrogens (tertiary/aromatic N) is 3. The van der Waals surface area contributed by atoms with Gasteiger partial charge in [0.25, 0.3) is 5.91 Å². The van der Waals surface area contributed by atoms with Crippen molar-refractivity contribution in [3.05, 3.63) is 57.8 Å². The fourth-order valence-corrected chi connectivity index (χ4v) is 4.48. The van der Waals surface area contributed by atoms with Crippen LogP contribution in [0.5, 0.6) is 5.75 Å². The number of aromatic hydroxyl groups is 1. The molecule has 0 aliphatic carbocycles. The molecule has 32 heavy (non-hydrogen) atoms. The number of fused-ring (bicyclic) bond motifs is 1. The molecule has 0 saturated carbocycles. The molecule has 1 aliphatic rings. The van der Waals surface area contributed by atoms with E-state index in [1.165, 1.54) is 12.8 Å². The first-order valence-electron chi connectivity index (χ1n) is 10.7. The van der Waals surface area contributed by atoms with Gasteiger partial charge in [-0.05, 0) is 74.8 Å². The van der Waals surface area contributed by atoms with Gasteiger partial charge in [0.15, 0.2) is 11.4 Å². The van der Waals surface area contributed by atoms with E-state index in [1.807, 2.05) is 6.07 Å². The van der Waals surface area contributed by atoms with Gasteiger partial charge in [-0.25, -0.2) is 4.98 Å². The number of likely N-dealkylation sites (tertiary alicyclic amines) is 1. The summed E-state index contributed by atoms with van der Waals surface area (Å²) in [6.07, 6.45) is 5.07. The fourth-order valence-electron chi connectivity index (χ4n) is 3.91. The molecule has 0 spiro atoms. The van der Waals surface area contributed by atoms with Crippen molar-refractivity contribution in [2.24, 2.45) is 0 Å². The van der Waals surface area contributed by atoms with Crippen LogP contribution in [0.2, 0.25) is 10.0 Å². The molecule has 0 unspecified atom stereocenters. The molecule has 2 aromatic heterocycles. The second kappa shape index (κ2) is 10.3. The van der Waals surface area contributed by atoms with Crippen LogP contribution in [-0.2, 0) is 6.54 Å². The second-order valence-electron chi connectivity index (χ2n) is 7.85. The lowest BCUT2D eigenvalue weighted by Gasteiger charge is -2.16. The molecule has 3 heterocycles. The summed E-state index contributed by atoms with van der Waals surface area (Å²) < 4.78 is 0. The zero-order chi connectivity index (χ0) is 22.5. The molecule has 0 bridgehead atoms. The molecule has 7 nitrogen and oxygen atoms in total. The number of benzene rings is 1. The smallest absolute Gasteiger partial charge is 0.274 e. The largest absolute Gasteiger partial charge is 0.504 e. The zero-order valence-corrected chi connectivity index (χ0v) is 19.1. The number of amides is 1. The van der Waals surface area contributed by atoms with E-state index in [4.69, 9.17) is 23.2 Å². The average Bonchev–Trinajstić information content (AvgIpc) is 3.29. The Bertz CT molecular complexity index is 1100. The number of aromatic nitrogens is 2. The number of pyridine rings is 2. The first-order chi connectivity index (χ1) is 15.5. The standard InChI is InChI=1S/C23H25Cl2N5O2/c24-16-11-15(12-17(25)13-16)14-28-23(32)20-21(31)19-18(5-3-6-26-19)22(29-20)27-7-4-10-30-8-1-2-9-30/h3,5-6,11-13,31H,1-2,4,7-10,14H2,(H,27,29)(H,28,32). The van der Waals surface area contributed by atoms with Gasteiger partial charge in [0.2, 0.25) is 0 Å². The summed E-state index contributed by atoms with van der Waals surface area (Å²) in [4.78, 5) is 24.0. The molecule has 1 amide bonds. The Labute approximate surface area is 196 Å². The maximum atomic E-state index is 12.8. The number of rotatable bonds is 8. The summed E-state index contributed by atoms with van der Waals surface area (Å²) in [6.45, 7) is 4.25. The molecule has 4 rings (SSSR count). The molecular formula is C23H25Cl2N5O2. The summed E-state index contributed by atoms with van der Waals surface area (Å²) in [5, 5.41) is 18.4. The third-order valence-corrected chi connectivity index (χ3v) is 5.90. The van der Waals surface area contributed by atoms with E-state index >= 15 is 0 Å². The van der Waals surface area contributed by atoms with Gasteiger partial charge < -0.3 is 20.6 Å². The van der Waals surface area contributed by atoms with E-state index in [1.54, 1.807) is 30.5 Å². The van der Waals surface area contributed by atoms with Crippen molar-refractivity contribution in [3.8, 4) is 5.75 Å². The number of nitrogens with one attached hydrogen (secondary N) is 2. The maximum Gasteiger partial charge on any atom is 0.274 e. The zero-order valence-electron chi connectivity index (χ0n) is 17.6. The molecule has 1 aromatic carbocycles. The lowest BCUT2D eigenvalue weighted by atomic mass is 10.1. The van der Waals surface area contributed by atoms with Crippen molar-refractivity contribution in [2.45, 2.75) is 25.8 Å². The molecule has 1 aliphatic heterocycles. The normalized spacial score (nSPS) is 14.1. The molecule has 3 N–H and O–H groups in total. The van der Waals surface area contributed by atoms with Crippen molar-refractivity contribution in [1.82, 2.24) is 20.2 Å². The minimum absolute atomic E-state index is 0.0774. The van der Waals surface area contributed by atoms with Crippen LogP contribution in [0.1, 0.15) is 35.3 Å². The van der Waals surface area contributed by atoms with E-state index in [0.29, 0.717) is 33.3 Å². The summed E-state index contributed by atoms with van der Waals surface area (Å²) in [7, 11) is 0. The number of anilines is 1. The van der Waals surface area contributed by atoms with E-state index in [9.17, 15) is 9.90 Å². The predicted octanol–water partition coefficient (Wildman–Crippen LogP) is 4.47. The molecule has 168 valence electrons. The van der Waals surface area contributed by atoms with E-state index in [-0.39, 0.29) is 18.0 Å². The minimum Gasteiger partial charge on any atom is -0.504 e. The second-order valence-corrected chi connectivity index (χ2v) is 8.72. The van der Waals surface area contributed by atoms with Crippen LogP contribution < -0.4 is 10.6 Å². The Morgan fingerprint density at radius 3 is 2.66 bits per heavy atom. The Kier molecular flexibility index (Phi) is 7.29. The monoisotopic (exact) mass is 473 g/mol. The average molecular weight is 474 g/mol. The maximum absolute atomic E-state index is 12.8. The van der Waals surface area contributed by atoms with Crippen LogP contribution in [0.15, 0.2) is 36.5 Å². The summed E-state index contributed by atoms with van der Waals surface area (Å²) >= 11 is 12.1. The third kappa shape index (κ3) is 5.41. The quantitative estimate of drug-likeness (QED) is 0.418. The first kappa shape index (κ1) is 22.6. The summed E-state index contributed by atoms with van der Waals surface area (Å²) in [5.74, 6) is -0.223. The van der Waals surface area contributed by atoms with E-state index in [2.05, 4.69) is 25.5 Å². The summed E-state index contributed by atoms with van der Waals surface area (Å²) in [6, 6.07) is 8.67. The highest BCUT2D eigenvalue weighted by Gasteiger charge is 2.20. The van der Waals surface area contributed by atoms with Gasteiger partial charge in [0.05, 0.1) is 0 Å². The van der Waals surface area contributed by atoms with Crippen molar-refractivity contribution in [1.29, 1.82) is 0 Å². The van der Waals surface area contributed by atoms with Gasteiger partial charge >= 0.3 is 0 Å². The van der Waals surface area contributed by atoms with Crippen molar-refractivity contribution in [3.63, 3.8) is 0 Å². The van der Waals surface area contributed by atoms with E-state index < -0.39 is 5.91 Å². The van der Waals surface area contributed by atoms with Gasteiger partial charge in [0, 0.05) is 34.7 Å². The van der Waals surface area contributed by atoms with Gasteiger partial charge in [-0.2, -0.15) is 0 Å². The Morgan fingerprint density at radius 1 is 1.16 bits per heavy atom. The number of halogens is 2. The van der Waals surface area contributed by atoms with Crippen LogP contribution in [0.25, 0.3) is 10.9 Å². The minimum atomic E-state index is -0.508. The Hall–Kier alpha value is -2.61. The SMILES string of the molecule is O=C(NCc1cc(Cl)cc(Cl)c1)c1nc(NCCCN2CCCC2)c2cccnc2c1O. The molecule has 0 atom stereocenters. The van der Waals surface area contributed by atoms with Crippen LogP contribution in [0.3, 0.4) is 0 Å². The highest BCUT2D eigenvalue weighted by Crippen LogP contribution is 2.30. The molecule has 9 heteroatoms. The van der Waals surface area contributed by atoms with Crippen molar-refractivity contribution < 1.29 is 9.90 Å². The topological polar surface area (TPSA) is 90.4 Å². The first-order valence-corrected chi connectivity index (χ1v) is 11.4. The van der Waals surface area contributed by atoms with Gasteiger partial charge in [-0.3, -0.25) is 9.78 Å². The van der Waals surface area contributed by atoms with E-state index in [0.717, 1.165) is 31.6 Å². The fraction of sp³-hybridized carbons (Fsp3) is 0.348. The van der Waals surface area contributed by atoms with Crippen LogP contribution in [0.4, 0.5) is 5.82 Å². The van der Waals surface area contributed by atoms with Gasteiger partial charge in [-0.15, -0.1) is 0 Å². The molecule has 0 radical (unpaired) electrons. The number of hydrogen-bond donors (Lipinski definition) is 3. The Morgan fingerprint density at radius 2 is 1.91 bits per heavy atom. The van der Waals surface area contributed by atoms with Crippen molar-refractivity contribution in [2.75, 3.05) is 31.5 Å². The lowest BCUT2D eigenvalue weighted by Crippen LogP contribution is -2.25. The van der Waals surface area contributed by atoms with Crippen LogP contribution >= 0.6 is 23.2 Å². The molecule has 1 fully saturated rings. The van der Waals surface area contributed by atoms with Crippen molar-refractivity contribution >= 4 is 45.8 Å². The third-order valence-electron chi connectivity index (χ3n) is 5.47. The Balaban J connectivity index is 1.49. The van der Waals surface area contributed by atoms with Crippen LogP contribution in [0, 0.1) is 0 Å².